The van der Waals surface area contributed by atoms with E-state index in [1.54, 1.807) is 6.20 Å². The SMILES string of the molecule is NCCCCNCc1ccc(-n2cccn2)cc1. The second-order valence-electron chi connectivity index (χ2n) is 4.29. The van der Waals surface area contributed by atoms with Crippen LogP contribution in [-0.2, 0) is 6.54 Å². The Labute approximate surface area is 108 Å². The highest BCUT2D eigenvalue weighted by molar-refractivity contribution is 5.33. The maximum Gasteiger partial charge on any atom is 0.0645 e. The Morgan fingerprint density at radius 2 is 2.00 bits per heavy atom. The Balaban J connectivity index is 1.81. The first-order valence-corrected chi connectivity index (χ1v) is 6.40. The van der Waals surface area contributed by atoms with Crippen molar-refractivity contribution in [3.8, 4) is 5.69 Å². The van der Waals surface area contributed by atoms with Crippen LogP contribution in [0.5, 0.6) is 0 Å². The Bertz CT molecular complexity index is 433. The minimum absolute atomic E-state index is 0.778. The second kappa shape index (κ2) is 6.93. The zero-order chi connectivity index (χ0) is 12.6. The Morgan fingerprint density at radius 1 is 1.17 bits per heavy atom. The number of unbranched alkanes of at least 4 members (excludes halogenated alkanes) is 1. The Hall–Kier alpha value is -1.65. The highest BCUT2D eigenvalue weighted by atomic mass is 15.3. The number of nitrogens with zero attached hydrogens (tertiary/aromatic N) is 2. The molecule has 0 amide bonds. The largest absolute Gasteiger partial charge is 0.330 e. The second-order valence-corrected chi connectivity index (χ2v) is 4.29. The fourth-order valence-corrected chi connectivity index (χ4v) is 1.82. The molecule has 0 fully saturated rings. The summed E-state index contributed by atoms with van der Waals surface area (Å²) in [5, 5.41) is 7.61. The molecule has 0 atom stereocenters. The highest BCUT2D eigenvalue weighted by Gasteiger charge is 1.96. The number of nitrogens with one attached hydrogen (secondary N) is 1. The van der Waals surface area contributed by atoms with Crippen LogP contribution in [0, 0.1) is 0 Å². The van der Waals surface area contributed by atoms with Crippen molar-refractivity contribution in [3.05, 3.63) is 48.3 Å². The van der Waals surface area contributed by atoms with Crippen LogP contribution in [-0.4, -0.2) is 22.9 Å². The van der Waals surface area contributed by atoms with E-state index >= 15 is 0 Å². The predicted octanol–water partition coefficient (Wildman–Crippen LogP) is 1.70. The van der Waals surface area contributed by atoms with Crippen molar-refractivity contribution in [2.24, 2.45) is 5.73 Å². The van der Waals surface area contributed by atoms with Gasteiger partial charge in [0.05, 0.1) is 5.69 Å². The summed E-state index contributed by atoms with van der Waals surface area (Å²) in [4.78, 5) is 0. The first-order chi connectivity index (χ1) is 8.90. The molecule has 0 saturated heterocycles. The first-order valence-electron chi connectivity index (χ1n) is 6.40. The molecule has 0 aliphatic carbocycles. The summed E-state index contributed by atoms with van der Waals surface area (Å²) in [6, 6.07) is 10.4. The van der Waals surface area contributed by atoms with Crippen molar-refractivity contribution in [2.75, 3.05) is 13.1 Å². The molecule has 0 aliphatic rings. The molecule has 96 valence electrons. The average Bonchev–Trinajstić information content (AvgIpc) is 2.93. The molecule has 1 aromatic heterocycles. The van der Waals surface area contributed by atoms with E-state index in [9.17, 15) is 0 Å². The van der Waals surface area contributed by atoms with Crippen molar-refractivity contribution in [1.82, 2.24) is 15.1 Å². The molecule has 2 rings (SSSR count). The third-order valence-corrected chi connectivity index (χ3v) is 2.84. The summed E-state index contributed by atoms with van der Waals surface area (Å²) < 4.78 is 1.86. The molecule has 4 heteroatoms. The minimum Gasteiger partial charge on any atom is -0.330 e. The smallest absolute Gasteiger partial charge is 0.0645 e. The van der Waals surface area contributed by atoms with Gasteiger partial charge in [-0.05, 0) is 49.7 Å². The molecule has 1 aromatic carbocycles. The number of nitrogens with two attached hydrogens (primary N) is 1. The van der Waals surface area contributed by atoms with Gasteiger partial charge in [0.2, 0.25) is 0 Å². The molecule has 2 aromatic rings. The lowest BCUT2D eigenvalue weighted by Crippen LogP contribution is -2.15. The van der Waals surface area contributed by atoms with Gasteiger partial charge in [0.25, 0.3) is 0 Å². The highest BCUT2D eigenvalue weighted by Crippen LogP contribution is 2.08. The number of hydrogen-bond donors (Lipinski definition) is 2. The number of rotatable bonds is 7. The van der Waals surface area contributed by atoms with E-state index in [0.717, 1.165) is 38.2 Å². The Kier molecular flexibility index (Phi) is 4.93. The van der Waals surface area contributed by atoms with Crippen LogP contribution in [0.1, 0.15) is 18.4 Å². The molecule has 3 N–H and O–H groups in total. The van der Waals surface area contributed by atoms with E-state index in [2.05, 4.69) is 34.7 Å². The molecule has 0 radical (unpaired) electrons. The molecular formula is C14H20N4. The van der Waals surface area contributed by atoms with Crippen LogP contribution in [0.3, 0.4) is 0 Å². The van der Waals surface area contributed by atoms with Crippen LogP contribution >= 0.6 is 0 Å². The average molecular weight is 244 g/mol. The quantitative estimate of drug-likeness (QED) is 0.729. The zero-order valence-corrected chi connectivity index (χ0v) is 10.5. The predicted molar refractivity (Wildman–Crippen MR) is 73.6 cm³/mol. The fourth-order valence-electron chi connectivity index (χ4n) is 1.82. The Morgan fingerprint density at radius 3 is 2.67 bits per heavy atom. The molecule has 18 heavy (non-hydrogen) atoms. The maximum atomic E-state index is 5.45. The van der Waals surface area contributed by atoms with E-state index in [1.165, 1.54) is 5.56 Å². The molecule has 1 heterocycles. The lowest BCUT2D eigenvalue weighted by Gasteiger charge is -2.06. The van der Waals surface area contributed by atoms with Crippen LogP contribution in [0.4, 0.5) is 0 Å². The van der Waals surface area contributed by atoms with Crippen molar-refractivity contribution < 1.29 is 0 Å². The van der Waals surface area contributed by atoms with Crippen LogP contribution in [0.2, 0.25) is 0 Å². The first kappa shape index (κ1) is 12.8. The summed E-state index contributed by atoms with van der Waals surface area (Å²) >= 11 is 0. The summed E-state index contributed by atoms with van der Waals surface area (Å²) in [5.41, 5.74) is 7.83. The van der Waals surface area contributed by atoms with Gasteiger partial charge in [-0.3, -0.25) is 0 Å². The van der Waals surface area contributed by atoms with Crippen molar-refractivity contribution in [1.29, 1.82) is 0 Å². The van der Waals surface area contributed by atoms with Gasteiger partial charge < -0.3 is 11.1 Å². The normalized spacial score (nSPS) is 10.7. The lowest BCUT2D eigenvalue weighted by atomic mass is 10.2. The van der Waals surface area contributed by atoms with Gasteiger partial charge >= 0.3 is 0 Å². The van der Waals surface area contributed by atoms with E-state index in [1.807, 2.05) is 16.9 Å². The van der Waals surface area contributed by atoms with E-state index in [0.29, 0.717) is 0 Å². The van der Waals surface area contributed by atoms with Gasteiger partial charge in [-0.25, -0.2) is 4.68 Å². The zero-order valence-electron chi connectivity index (χ0n) is 10.5. The van der Waals surface area contributed by atoms with E-state index in [-0.39, 0.29) is 0 Å². The summed E-state index contributed by atoms with van der Waals surface area (Å²) in [5.74, 6) is 0. The number of hydrogen-bond acceptors (Lipinski definition) is 3. The van der Waals surface area contributed by atoms with Gasteiger partial charge in [0.1, 0.15) is 0 Å². The number of aromatic nitrogens is 2. The molecule has 0 aliphatic heterocycles. The van der Waals surface area contributed by atoms with Crippen LogP contribution < -0.4 is 11.1 Å². The number of benzene rings is 1. The van der Waals surface area contributed by atoms with Crippen molar-refractivity contribution in [2.45, 2.75) is 19.4 Å². The van der Waals surface area contributed by atoms with E-state index in [4.69, 9.17) is 5.73 Å². The maximum absolute atomic E-state index is 5.45. The molecule has 0 saturated carbocycles. The minimum atomic E-state index is 0.778. The topological polar surface area (TPSA) is 55.9 Å². The van der Waals surface area contributed by atoms with Crippen molar-refractivity contribution in [3.63, 3.8) is 0 Å². The third kappa shape index (κ3) is 3.68. The third-order valence-electron chi connectivity index (χ3n) is 2.84. The van der Waals surface area contributed by atoms with Gasteiger partial charge in [0.15, 0.2) is 0 Å². The molecule has 0 unspecified atom stereocenters. The van der Waals surface area contributed by atoms with Gasteiger partial charge in [0, 0.05) is 18.9 Å². The molecule has 4 nitrogen and oxygen atoms in total. The summed E-state index contributed by atoms with van der Waals surface area (Å²) in [6.45, 7) is 2.71. The van der Waals surface area contributed by atoms with Gasteiger partial charge in [-0.1, -0.05) is 12.1 Å². The molecule has 0 bridgehead atoms. The molecule has 0 spiro atoms. The standard InChI is InChI=1S/C14H20N4/c15-8-1-2-9-16-12-13-4-6-14(7-5-13)18-11-3-10-17-18/h3-7,10-11,16H,1-2,8-9,12,15H2. The van der Waals surface area contributed by atoms with Crippen LogP contribution in [0.15, 0.2) is 42.7 Å². The fraction of sp³-hybridized carbons (Fsp3) is 0.357. The summed E-state index contributed by atoms with van der Waals surface area (Å²) in [7, 11) is 0. The van der Waals surface area contributed by atoms with Crippen molar-refractivity contribution >= 4 is 0 Å². The van der Waals surface area contributed by atoms with Crippen LogP contribution in [0.25, 0.3) is 5.69 Å². The van der Waals surface area contributed by atoms with Gasteiger partial charge in [-0.2, -0.15) is 5.10 Å². The monoisotopic (exact) mass is 244 g/mol. The molecular weight excluding hydrogens is 224 g/mol. The lowest BCUT2D eigenvalue weighted by molar-refractivity contribution is 0.627. The summed E-state index contributed by atoms with van der Waals surface area (Å²) in [6.07, 6.45) is 5.96. The van der Waals surface area contributed by atoms with Gasteiger partial charge in [-0.15, -0.1) is 0 Å². The van der Waals surface area contributed by atoms with E-state index < -0.39 is 0 Å².